The Bertz CT molecular complexity index is 542. The molecule has 0 saturated heterocycles. The molecule has 1 aromatic carbocycles. The van der Waals surface area contributed by atoms with Gasteiger partial charge in [0, 0.05) is 5.92 Å². The molecule has 19 heavy (non-hydrogen) atoms. The van der Waals surface area contributed by atoms with Gasteiger partial charge >= 0.3 is 0 Å². The molecule has 0 N–H and O–H groups in total. The number of ether oxygens (including phenoxy) is 1. The molecule has 2 aliphatic carbocycles. The lowest BCUT2D eigenvalue weighted by Gasteiger charge is -2.33. The second-order valence-corrected chi connectivity index (χ2v) is 5.60. The lowest BCUT2D eigenvalue weighted by molar-refractivity contribution is -0.119. The maximum Gasteiger partial charge on any atom is 0.159 e. The van der Waals surface area contributed by atoms with Crippen molar-refractivity contribution in [1.29, 1.82) is 0 Å². The first-order chi connectivity index (χ1) is 9.22. The van der Waals surface area contributed by atoms with Crippen molar-refractivity contribution in [1.82, 2.24) is 0 Å². The van der Waals surface area contributed by atoms with Crippen molar-refractivity contribution in [2.24, 2.45) is 11.8 Å². The molecule has 0 bridgehead atoms. The van der Waals surface area contributed by atoms with Crippen LogP contribution in [-0.4, -0.2) is 12.9 Å². The highest BCUT2D eigenvalue weighted by Crippen LogP contribution is 2.43. The lowest BCUT2D eigenvalue weighted by Crippen LogP contribution is -2.26. The molecule has 0 radical (unpaired) electrons. The molecular formula is C17H20O2. The normalized spacial score (nSPS) is 25.4. The summed E-state index contributed by atoms with van der Waals surface area (Å²) in [5.74, 6) is 2.04. The van der Waals surface area contributed by atoms with Crippen LogP contribution in [0.1, 0.15) is 37.3 Å². The summed E-state index contributed by atoms with van der Waals surface area (Å²) in [6, 6.07) is 6.23. The highest BCUT2D eigenvalue weighted by atomic mass is 16.5. The van der Waals surface area contributed by atoms with Crippen LogP contribution in [0.5, 0.6) is 5.75 Å². The van der Waals surface area contributed by atoms with E-state index in [0.29, 0.717) is 11.7 Å². The Morgan fingerprint density at radius 3 is 2.95 bits per heavy atom. The highest BCUT2D eigenvalue weighted by molar-refractivity contribution is 6.01. The van der Waals surface area contributed by atoms with Crippen LogP contribution in [0.3, 0.4) is 0 Å². The van der Waals surface area contributed by atoms with Crippen LogP contribution >= 0.6 is 0 Å². The maximum atomic E-state index is 12.1. The zero-order chi connectivity index (χ0) is 13.4. The van der Waals surface area contributed by atoms with Gasteiger partial charge in [0.15, 0.2) is 5.78 Å². The number of aryl methyl sites for hydroxylation is 1. The summed E-state index contributed by atoms with van der Waals surface area (Å²) in [6.45, 7) is 2.11. The van der Waals surface area contributed by atoms with E-state index in [1.807, 2.05) is 12.1 Å². The molecule has 2 heteroatoms. The second-order valence-electron chi connectivity index (χ2n) is 5.60. The third kappa shape index (κ3) is 2.09. The molecule has 100 valence electrons. The molecule has 2 nitrogen and oxygen atoms in total. The van der Waals surface area contributed by atoms with Crippen molar-refractivity contribution in [3.63, 3.8) is 0 Å². The van der Waals surface area contributed by atoms with Gasteiger partial charge in [-0.15, -0.1) is 0 Å². The molecule has 2 aliphatic rings. The van der Waals surface area contributed by atoms with E-state index in [-0.39, 0.29) is 5.92 Å². The molecule has 2 atom stereocenters. The molecule has 0 aromatic heterocycles. The number of allylic oxidation sites excluding steroid dienone is 2. The Morgan fingerprint density at radius 1 is 1.37 bits per heavy atom. The van der Waals surface area contributed by atoms with Crippen molar-refractivity contribution < 1.29 is 9.53 Å². The second kappa shape index (κ2) is 4.84. The number of carbonyl (C=O) groups is 1. The molecule has 3 rings (SSSR count). The fourth-order valence-corrected chi connectivity index (χ4v) is 3.43. The number of hydrogen-bond acceptors (Lipinski definition) is 2. The minimum atomic E-state index is 0.244. The predicted molar refractivity (Wildman–Crippen MR) is 76.2 cm³/mol. The van der Waals surface area contributed by atoms with Crippen LogP contribution in [0.2, 0.25) is 0 Å². The average molecular weight is 256 g/mol. The van der Waals surface area contributed by atoms with E-state index in [1.54, 1.807) is 7.11 Å². The van der Waals surface area contributed by atoms with E-state index < -0.39 is 0 Å². The van der Waals surface area contributed by atoms with E-state index >= 15 is 0 Å². The highest BCUT2D eigenvalue weighted by Gasteiger charge is 2.32. The van der Waals surface area contributed by atoms with E-state index in [9.17, 15) is 4.79 Å². The SMILES string of the molecule is CC[C@H]1C[C@@H]2CCc3cc(OC)ccc3C2=CC1=O. The Labute approximate surface area is 114 Å². The van der Waals surface area contributed by atoms with Gasteiger partial charge in [0.1, 0.15) is 5.75 Å². The quantitative estimate of drug-likeness (QED) is 0.807. The summed E-state index contributed by atoms with van der Waals surface area (Å²) in [7, 11) is 1.70. The third-order valence-corrected chi connectivity index (χ3v) is 4.59. The van der Waals surface area contributed by atoms with Crippen molar-refractivity contribution in [2.45, 2.75) is 32.6 Å². The summed E-state index contributed by atoms with van der Waals surface area (Å²) in [5.41, 5.74) is 3.85. The summed E-state index contributed by atoms with van der Waals surface area (Å²) in [5, 5.41) is 0. The van der Waals surface area contributed by atoms with Crippen molar-refractivity contribution in [3.05, 3.63) is 35.4 Å². The first-order valence-corrected chi connectivity index (χ1v) is 7.15. The minimum absolute atomic E-state index is 0.244. The van der Waals surface area contributed by atoms with E-state index in [1.165, 1.54) is 16.7 Å². The van der Waals surface area contributed by atoms with Crippen LogP contribution in [0.15, 0.2) is 24.3 Å². The topological polar surface area (TPSA) is 26.3 Å². The van der Waals surface area contributed by atoms with Gasteiger partial charge in [-0.05, 0) is 66.5 Å². The Morgan fingerprint density at radius 2 is 2.21 bits per heavy atom. The number of rotatable bonds is 2. The smallest absolute Gasteiger partial charge is 0.159 e. The summed E-state index contributed by atoms with van der Waals surface area (Å²) in [6.07, 6.45) is 6.17. The molecule has 0 unspecified atom stereocenters. The van der Waals surface area contributed by atoms with Crippen molar-refractivity contribution in [3.8, 4) is 5.75 Å². The van der Waals surface area contributed by atoms with Crippen molar-refractivity contribution in [2.75, 3.05) is 7.11 Å². The Hall–Kier alpha value is -1.57. The number of hydrogen-bond donors (Lipinski definition) is 0. The lowest BCUT2D eigenvalue weighted by atomic mass is 9.70. The number of carbonyl (C=O) groups excluding carboxylic acids is 1. The Balaban J connectivity index is 2.02. The Kier molecular flexibility index (Phi) is 3.17. The molecular weight excluding hydrogens is 236 g/mol. The van der Waals surface area contributed by atoms with Gasteiger partial charge in [0.25, 0.3) is 0 Å². The standard InChI is InChI=1S/C17H20O2/c1-3-11-8-12-4-5-13-9-14(19-2)6-7-15(13)16(12)10-17(11)18/h6-7,9-12H,3-5,8H2,1-2H3/t11-,12-/m0/s1. The van der Waals surface area contributed by atoms with Crippen LogP contribution in [0.4, 0.5) is 0 Å². The van der Waals surface area contributed by atoms with Gasteiger partial charge in [-0.2, -0.15) is 0 Å². The van der Waals surface area contributed by atoms with Gasteiger partial charge in [-0.25, -0.2) is 0 Å². The van der Waals surface area contributed by atoms with Crippen LogP contribution in [-0.2, 0) is 11.2 Å². The van der Waals surface area contributed by atoms with Gasteiger partial charge in [-0.3, -0.25) is 4.79 Å². The summed E-state index contributed by atoms with van der Waals surface area (Å²) in [4.78, 5) is 12.1. The van der Waals surface area contributed by atoms with Crippen molar-refractivity contribution >= 4 is 11.4 Å². The zero-order valence-corrected chi connectivity index (χ0v) is 11.6. The number of methoxy groups -OCH3 is 1. The zero-order valence-electron chi connectivity index (χ0n) is 11.6. The van der Waals surface area contributed by atoms with Crippen LogP contribution < -0.4 is 4.74 Å². The van der Waals surface area contributed by atoms with Gasteiger partial charge < -0.3 is 4.74 Å². The maximum absolute atomic E-state index is 12.1. The van der Waals surface area contributed by atoms with Crippen LogP contribution in [0.25, 0.3) is 5.57 Å². The molecule has 0 saturated carbocycles. The molecule has 1 aromatic rings. The molecule has 0 spiro atoms. The molecule has 0 heterocycles. The van der Waals surface area contributed by atoms with Gasteiger partial charge in [-0.1, -0.05) is 13.0 Å². The molecule has 0 fully saturated rings. The molecule has 0 amide bonds. The number of benzene rings is 1. The minimum Gasteiger partial charge on any atom is -0.497 e. The van der Waals surface area contributed by atoms with Crippen LogP contribution in [0, 0.1) is 11.8 Å². The van der Waals surface area contributed by atoms with Gasteiger partial charge in [0.05, 0.1) is 7.11 Å². The third-order valence-electron chi connectivity index (χ3n) is 4.59. The monoisotopic (exact) mass is 256 g/mol. The van der Waals surface area contributed by atoms with E-state index in [4.69, 9.17) is 4.74 Å². The fourth-order valence-electron chi connectivity index (χ4n) is 3.43. The van der Waals surface area contributed by atoms with E-state index in [0.717, 1.165) is 31.4 Å². The first-order valence-electron chi connectivity index (χ1n) is 7.15. The largest absolute Gasteiger partial charge is 0.497 e. The fraction of sp³-hybridized carbons (Fsp3) is 0.471. The summed E-state index contributed by atoms with van der Waals surface area (Å²) < 4.78 is 5.29. The average Bonchev–Trinajstić information content (AvgIpc) is 2.45. The number of fused-ring (bicyclic) bond motifs is 3. The number of ketones is 1. The molecule has 0 aliphatic heterocycles. The van der Waals surface area contributed by atoms with Gasteiger partial charge in [0.2, 0.25) is 0 Å². The summed E-state index contributed by atoms with van der Waals surface area (Å²) >= 11 is 0. The predicted octanol–water partition coefficient (Wildman–Crippen LogP) is 3.64. The van der Waals surface area contributed by atoms with E-state index in [2.05, 4.69) is 19.1 Å². The first kappa shape index (κ1) is 12.5.